The van der Waals surface area contributed by atoms with E-state index in [1.54, 1.807) is 0 Å². The van der Waals surface area contributed by atoms with Crippen LogP contribution < -0.4 is 20.1 Å². The molecule has 0 bridgehead atoms. The summed E-state index contributed by atoms with van der Waals surface area (Å²) in [5.41, 5.74) is 2.67. The molecule has 0 saturated heterocycles. The van der Waals surface area contributed by atoms with Crippen LogP contribution in [0.25, 0.3) is 0 Å². The van der Waals surface area contributed by atoms with Gasteiger partial charge in [-0.1, -0.05) is 17.7 Å². The van der Waals surface area contributed by atoms with E-state index >= 15 is 0 Å². The number of fused-ring (bicyclic) bond motifs is 1. The lowest BCUT2D eigenvalue weighted by molar-refractivity contribution is 0.171. The van der Waals surface area contributed by atoms with Crippen molar-refractivity contribution in [1.82, 2.24) is 0 Å². The molecule has 0 fully saturated rings. The molecular weight excluding hydrogens is 320 g/mol. The van der Waals surface area contributed by atoms with Crippen LogP contribution >= 0.6 is 23.8 Å². The van der Waals surface area contributed by atoms with Crippen molar-refractivity contribution < 1.29 is 9.47 Å². The van der Waals surface area contributed by atoms with Gasteiger partial charge in [0.05, 0.1) is 0 Å². The molecular formula is C16H15ClN2O2S. The summed E-state index contributed by atoms with van der Waals surface area (Å²) in [6, 6.07) is 11.3. The minimum absolute atomic E-state index is 0.488. The number of hydrogen-bond acceptors (Lipinski definition) is 3. The van der Waals surface area contributed by atoms with E-state index < -0.39 is 0 Å². The Morgan fingerprint density at radius 1 is 1.09 bits per heavy atom. The van der Waals surface area contributed by atoms with Crippen LogP contribution in [0.5, 0.6) is 11.5 Å². The van der Waals surface area contributed by atoms with Crippen molar-refractivity contribution in [2.45, 2.75) is 6.92 Å². The van der Waals surface area contributed by atoms with Crippen LogP contribution in [0.15, 0.2) is 36.4 Å². The first kappa shape index (κ1) is 14.9. The minimum Gasteiger partial charge on any atom is -0.486 e. The first-order valence-electron chi connectivity index (χ1n) is 6.86. The normalized spacial score (nSPS) is 12.6. The Kier molecular flexibility index (Phi) is 4.36. The molecule has 4 nitrogen and oxygen atoms in total. The van der Waals surface area contributed by atoms with Crippen molar-refractivity contribution in [3.8, 4) is 11.5 Å². The standard InChI is InChI=1S/C16H15ClN2O2S/c1-10-12(17)3-2-4-13(10)19-16(22)18-11-5-6-14-15(9-11)21-8-7-20-14/h2-6,9H,7-8H2,1H3,(H2,18,19,22). The highest BCUT2D eigenvalue weighted by molar-refractivity contribution is 7.80. The maximum Gasteiger partial charge on any atom is 0.175 e. The maximum absolute atomic E-state index is 6.10. The third kappa shape index (κ3) is 3.26. The second-order valence-corrected chi connectivity index (χ2v) is 5.67. The van der Waals surface area contributed by atoms with Gasteiger partial charge in [-0.05, 0) is 49.0 Å². The van der Waals surface area contributed by atoms with Gasteiger partial charge >= 0.3 is 0 Å². The second kappa shape index (κ2) is 6.42. The number of halogens is 1. The average Bonchev–Trinajstić information content (AvgIpc) is 2.52. The molecule has 0 aliphatic carbocycles. The van der Waals surface area contributed by atoms with E-state index in [2.05, 4.69) is 10.6 Å². The molecule has 2 N–H and O–H groups in total. The van der Waals surface area contributed by atoms with E-state index in [-0.39, 0.29) is 0 Å². The van der Waals surface area contributed by atoms with Gasteiger partial charge in [0, 0.05) is 22.5 Å². The van der Waals surface area contributed by atoms with Crippen LogP contribution in [0.2, 0.25) is 5.02 Å². The van der Waals surface area contributed by atoms with Gasteiger partial charge < -0.3 is 20.1 Å². The largest absolute Gasteiger partial charge is 0.486 e. The lowest BCUT2D eigenvalue weighted by atomic mass is 10.2. The molecule has 0 radical (unpaired) electrons. The number of hydrogen-bond donors (Lipinski definition) is 2. The van der Waals surface area contributed by atoms with Crippen LogP contribution in [0.3, 0.4) is 0 Å². The Morgan fingerprint density at radius 3 is 2.68 bits per heavy atom. The fourth-order valence-electron chi connectivity index (χ4n) is 2.15. The van der Waals surface area contributed by atoms with Gasteiger partial charge in [0.15, 0.2) is 16.6 Å². The monoisotopic (exact) mass is 334 g/mol. The van der Waals surface area contributed by atoms with Gasteiger partial charge in [-0.25, -0.2) is 0 Å². The Balaban J connectivity index is 1.70. The molecule has 0 saturated carbocycles. The van der Waals surface area contributed by atoms with Gasteiger partial charge in [-0.2, -0.15) is 0 Å². The Labute approximate surface area is 139 Å². The summed E-state index contributed by atoms with van der Waals surface area (Å²) in [4.78, 5) is 0. The quantitative estimate of drug-likeness (QED) is 0.805. The fourth-order valence-corrected chi connectivity index (χ4v) is 2.55. The van der Waals surface area contributed by atoms with Crippen molar-refractivity contribution in [2.24, 2.45) is 0 Å². The van der Waals surface area contributed by atoms with Gasteiger partial charge in [0.2, 0.25) is 0 Å². The van der Waals surface area contributed by atoms with Gasteiger partial charge in [-0.15, -0.1) is 0 Å². The highest BCUT2D eigenvalue weighted by Crippen LogP contribution is 2.32. The van der Waals surface area contributed by atoms with Gasteiger partial charge in [0.25, 0.3) is 0 Å². The number of anilines is 2. The molecule has 0 amide bonds. The summed E-state index contributed by atoms with van der Waals surface area (Å²) < 4.78 is 11.0. The third-order valence-corrected chi connectivity index (χ3v) is 3.93. The lowest BCUT2D eigenvalue weighted by Crippen LogP contribution is -2.20. The van der Waals surface area contributed by atoms with Crippen LogP contribution in [0.4, 0.5) is 11.4 Å². The van der Waals surface area contributed by atoms with Crippen LogP contribution in [-0.2, 0) is 0 Å². The maximum atomic E-state index is 6.10. The molecule has 0 unspecified atom stereocenters. The molecule has 2 aromatic rings. The molecule has 6 heteroatoms. The summed E-state index contributed by atoms with van der Waals surface area (Å²) in [6.07, 6.45) is 0. The Morgan fingerprint density at radius 2 is 1.86 bits per heavy atom. The minimum atomic E-state index is 0.488. The molecule has 0 aromatic heterocycles. The molecule has 1 aliphatic heterocycles. The summed E-state index contributed by atoms with van der Waals surface area (Å²) in [5, 5.41) is 7.46. The highest BCUT2D eigenvalue weighted by atomic mass is 35.5. The molecule has 3 rings (SSSR count). The van der Waals surface area contributed by atoms with Crippen LogP contribution in [0.1, 0.15) is 5.56 Å². The second-order valence-electron chi connectivity index (χ2n) is 4.85. The van der Waals surface area contributed by atoms with Gasteiger partial charge in [-0.3, -0.25) is 0 Å². The zero-order chi connectivity index (χ0) is 15.5. The van der Waals surface area contributed by atoms with E-state index in [0.717, 1.165) is 28.4 Å². The molecule has 1 heterocycles. The van der Waals surface area contributed by atoms with Crippen molar-refractivity contribution in [3.05, 3.63) is 47.0 Å². The van der Waals surface area contributed by atoms with E-state index in [1.165, 1.54) is 0 Å². The molecule has 114 valence electrons. The zero-order valence-corrected chi connectivity index (χ0v) is 13.6. The third-order valence-electron chi connectivity index (χ3n) is 3.32. The lowest BCUT2D eigenvalue weighted by Gasteiger charge is -2.19. The number of nitrogens with one attached hydrogen (secondary N) is 2. The highest BCUT2D eigenvalue weighted by Gasteiger charge is 2.12. The predicted octanol–water partition coefficient (Wildman–Crippen LogP) is 4.23. The average molecular weight is 335 g/mol. The molecule has 2 aromatic carbocycles. The van der Waals surface area contributed by atoms with E-state index in [4.69, 9.17) is 33.3 Å². The number of benzene rings is 2. The predicted molar refractivity (Wildman–Crippen MR) is 93.5 cm³/mol. The van der Waals surface area contributed by atoms with Crippen molar-refractivity contribution >= 4 is 40.3 Å². The number of thiocarbonyl (C=S) groups is 1. The van der Waals surface area contributed by atoms with E-state index in [0.29, 0.717) is 23.3 Å². The van der Waals surface area contributed by atoms with Crippen molar-refractivity contribution in [2.75, 3.05) is 23.8 Å². The first-order chi connectivity index (χ1) is 10.6. The fraction of sp³-hybridized carbons (Fsp3) is 0.188. The number of rotatable bonds is 2. The summed E-state index contributed by atoms with van der Waals surface area (Å²) in [5.74, 6) is 1.47. The first-order valence-corrected chi connectivity index (χ1v) is 7.65. The van der Waals surface area contributed by atoms with Crippen LogP contribution in [0, 0.1) is 6.92 Å². The molecule has 0 spiro atoms. The summed E-state index contributed by atoms with van der Waals surface area (Å²) >= 11 is 11.4. The molecule has 22 heavy (non-hydrogen) atoms. The molecule has 0 atom stereocenters. The summed E-state index contributed by atoms with van der Waals surface area (Å²) in [6.45, 7) is 3.08. The smallest absolute Gasteiger partial charge is 0.175 e. The van der Waals surface area contributed by atoms with Gasteiger partial charge in [0.1, 0.15) is 13.2 Å². The van der Waals surface area contributed by atoms with Crippen molar-refractivity contribution in [3.63, 3.8) is 0 Å². The number of ether oxygens (including phenoxy) is 2. The van der Waals surface area contributed by atoms with E-state index in [1.807, 2.05) is 43.3 Å². The zero-order valence-electron chi connectivity index (χ0n) is 12.0. The Bertz CT molecular complexity index is 721. The topological polar surface area (TPSA) is 42.5 Å². The SMILES string of the molecule is Cc1c(Cl)cccc1NC(=S)Nc1ccc2c(c1)OCCO2. The Hall–Kier alpha value is -1.98. The molecule has 1 aliphatic rings. The summed E-state index contributed by atoms with van der Waals surface area (Å²) in [7, 11) is 0. The van der Waals surface area contributed by atoms with Crippen LogP contribution in [-0.4, -0.2) is 18.3 Å². The van der Waals surface area contributed by atoms with Crippen molar-refractivity contribution in [1.29, 1.82) is 0 Å². The van der Waals surface area contributed by atoms with E-state index in [9.17, 15) is 0 Å².